The van der Waals surface area contributed by atoms with Crippen LogP contribution in [0.4, 0.5) is 16.2 Å². The molecule has 0 unspecified atom stereocenters. The quantitative estimate of drug-likeness (QED) is 0.0893. The molecule has 0 radical (unpaired) electrons. The summed E-state index contributed by atoms with van der Waals surface area (Å²) >= 11 is 0. The van der Waals surface area contributed by atoms with Crippen molar-refractivity contribution in [2.45, 2.75) is 77.9 Å². The number of halogens is 1. The minimum atomic E-state index is -3.82. The summed E-state index contributed by atoms with van der Waals surface area (Å²) in [4.78, 5) is 63.9. The zero-order chi connectivity index (χ0) is 35.8. The number of benzene rings is 1. The Bertz CT molecular complexity index is 2080. The number of pyridine rings is 2. The van der Waals surface area contributed by atoms with E-state index in [4.69, 9.17) is 29.7 Å². The third kappa shape index (κ3) is 7.17. The summed E-state index contributed by atoms with van der Waals surface area (Å²) < 4.78 is 47.3. The van der Waals surface area contributed by atoms with E-state index in [9.17, 15) is 27.6 Å². The molecule has 6 rings (SSSR count). The maximum absolute atomic E-state index is 14.1. The number of carbonyl (C=O) groups is 3. The van der Waals surface area contributed by atoms with Crippen molar-refractivity contribution in [3.63, 3.8) is 0 Å². The standard InChI is InChI=1S/C34H39N5O10S.ClH/c1-4-6-7-12-38-19-36-24-9-8-10-25-28(24)30(38)21-17-39-26(29(21)37-25)16-23-22(31(39)41)18-47-32(42)34(23,5-2)49-33(43)46-13-15-50(44,45)14-11-27(40)48-20(3)35;/h8-10,16,19-20H,4-7,11-15,17-18,35H2,1-3H3;1H/t20-,34+;/m1./s1. The van der Waals surface area contributed by atoms with E-state index in [1.807, 2.05) is 24.5 Å². The first kappa shape index (κ1) is 37.7. The number of aromatic nitrogens is 2. The molecule has 15 nitrogen and oxygen atoms in total. The molecule has 0 amide bonds. The van der Waals surface area contributed by atoms with Gasteiger partial charge in [-0.3, -0.25) is 15.3 Å². The van der Waals surface area contributed by atoms with Crippen LogP contribution in [0.25, 0.3) is 22.3 Å². The molecule has 1 aromatic carbocycles. The van der Waals surface area contributed by atoms with Gasteiger partial charge in [-0.15, -0.1) is 12.4 Å². The average Bonchev–Trinajstić information content (AvgIpc) is 3.44. The predicted octanol–water partition coefficient (Wildman–Crippen LogP) is 3.99. The van der Waals surface area contributed by atoms with Crippen LogP contribution in [-0.2, 0) is 57.1 Å². The molecule has 0 aliphatic carbocycles. The zero-order valence-electron chi connectivity index (χ0n) is 28.5. The third-order valence-electron chi connectivity index (χ3n) is 9.06. The minimum Gasteiger partial charge on any atom is -0.457 e. The number of hydrogen-bond donors (Lipinski definition) is 1. The van der Waals surface area contributed by atoms with E-state index in [1.54, 1.807) is 17.6 Å². The van der Waals surface area contributed by atoms with Crippen molar-refractivity contribution in [3.8, 4) is 11.4 Å². The molecule has 0 bridgehead atoms. The van der Waals surface area contributed by atoms with E-state index in [0.29, 0.717) is 16.9 Å². The molecule has 0 fully saturated rings. The number of rotatable bonds is 13. The van der Waals surface area contributed by atoms with Gasteiger partial charge < -0.3 is 28.4 Å². The van der Waals surface area contributed by atoms with Gasteiger partial charge in [-0.2, -0.15) is 0 Å². The molecule has 3 aliphatic rings. The van der Waals surface area contributed by atoms with Gasteiger partial charge in [0.25, 0.3) is 5.56 Å². The molecule has 0 saturated carbocycles. The lowest BCUT2D eigenvalue weighted by Gasteiger charge is -2.35. The molecule has 3 aliphatic heterocycles. The normalized spacial score (nSPS) is 17.5. The average molecular weight is 746 g/mol. The number of aliphatic imine (C=N–C) groups is 1. The highest BCUT2D eigenvalue weighted by Crippen LogP contribution is 2.47. The Morgan fingerprint density at radius 2 is 1.92 bits per heavy atom. The SMILES string of the molecule is CCCCCN1C=Nc2cccc3nc4c(c1c23)Cn1c-4cc2c(c1=O)COC(=O)[C@@]2(CC)OC(=O)OCCS(=O)(=O)CCC(=O)O[C@H](C)N.Cl. The van der Waals surface area contributed by atoms with Crippen LogP contribution in [0.2, 0.25) is 0 Å². The van der Waals surface area contributed by atoms with Gasteiger partial charge in [-0.1, -0.05) is 32.8 Å². The van der Waals surface area contributed by atoms with Gasteiger partial charge in [0.15, 0.2) is 9.84 Å². The van der Waals surface area contributed by atoms with Gasteiger partial charge in [0.1, 0.15) is 19.4 Å². The van der Waals surface area contributed by atoms with Crippen LogP contribution in [0.3, 0.4) is 0 Å². The summed E-state index contributed by atoms with van der Waals surface area (Å²) in [5.41, 5.74) is 7.53. The summed E-state index contributed by atoms with van der Waals surface area (Å²) in [6, 6.07) is 7.35. The smallest absolute Gasteiger partial charge is 0.457 e. The number of sulfone groups is 1. The van der Waals surface area contributed by atoms with E-state index in [1.165, 1.54) is 6.92 Å². The lowest BCUT2D eigenvalue weighted by molar-refractivity contribution is -0.175. The Kier molecular flexibility index (Phi) is 11.1. The predicted molar refractivity (Wildman–Crippen MR) is 190 cm³/mol. The van der Waals surface area contributed by atoms with Crippen molar-refractivity contribution in [1.82, 2.24) is 9.55 Å². The Morgan fingerprint density at radius 1 is 1.14 bits per heavy atom. The zero-order valence-corrected chi connectivity index (χ0v) is 30.1. The molecule has 2 aromatic heterocycles. The molecule has 3 aromatic rings. The lowest BCUT2D eigenvalue weighted by atomic mass is 9.85. The minimum absolute atomic E-state index is 0. The fraction of sp³-hybridized carbons (Fsp3) is 0.471. The molecule has 0 saturated heterocycles. The molecule has 274 valence electrons. The van der Waals surface area contributed by atoms with E-state index < -0.39 is 69.9 Å². The lowest BCUT2D eigenvalue weighted by Crippen LogP contribution is -2.47. The van der Waals surface area contributed by atoms with Crippen LogP contribution in [0.5, 0.6) is 0 Å². The van der Waals surface area contributed by atoms with Crippen molar-refractivity contribution < 1.29 is 41.7 Å². The van der Waals surface area contributed by atoms with Crippen LogP contribution < -0.4 is 16.2 Å². The Balaban J connectivity index is 0.00000504. The van der Waals surface area contributed by atoms with Crippen LogP contribution in [-0.4, -0.2) is 73.3 Å². The molecule has 2 atom stereocenters. The Hall–Kier alpha value is -4.54. The topological polar surface area (TPSA) is 199 Å². The summed E-state index contributed by atoms with van der Waals surface area (Å²) in [5, 5.41) is 0.899. The van der Waals surface area contributed by atoms with E-state index >= 15 is 0 Å². The first-order valence-electron chi connectivity index (χ1n) is 16.6. The van der Waals surface area contributed by atoms with E-state index in [0.717, 1.165) is 48.1 Å². The van der Waals surface area contributed by atoms with Gasteiger partial charge in [-0.05, 0) is 38.0 Å². The fourth-order valence-corrected chi connectivity index (χ4v) is 7.61. The van der Waals surface area contributed by atoms with E-state index in [-0.39, 0.29) is 43.1 Å². The highest BCUT2D eigenvalue weighted by molar-refractivity contribution is 7.91. The van der Waals surface area contributed by atoms with Crippen LogP contribution in [0, 0.1) is 0 Å². The number of unbranched alkanes of at least 4 members (excludes halogenated alkanes) is 2. The second kappa shape index (κ2) is 15.0. The van der Waals surface area contributed by atoms with Crippen LogP contribution >= 0.6 is 12.4 Å². The van der Waals surface area contributed by atoms with Crippen molar-refractivity contribution in [3.05, 3.63) is 51.3 Å². The van der Waals surface area contributed by atoms with Crippen molar-refractivity contribution in [2.24, 2.45) is 10.7 Å². The summed E-state index contributed by atoms with van der Waals surface area (Å²) in [6.07, 6.45) is 2.14. The molecule has 0 spiro atoms. The first-order chi connectivity index (χ1) is 23.9. The number of hydrogen-bond acceptors (Lipinski definition) is 14. The number of carbonyl (C=O) groups excluding carboxylic acids is 3. The largest absolute Gasteiger partial charge is 0.509 e. The number of ether oxygens (including phenoxy) is 4. The monoisotopic (exact) mass is 745 g/mol. The number of nitrogens with zero attached hydrogens (tertiary/aromatic N) is 4. The van der Waals surface area contributed by atoms with E-state index in [2.05, 4.69) is 16.8 Å². The molecule has 17 heteroatoms. The Morgan fingerprint density at radius 3 is 2.65 bits per heavy atom. The Labute approximate surface area is 300 Å². The van der Waals surface area contributed by atoms with Gasteiger partial charge in [0.2, 0.25) is 5.60 Å². The second-order valence-electron chi connectivity index (χ2n) is 12.5. The second-order valence-corrected chi connectivity index (χ2v) is 14.8. The highest BCUT2D eigenvalue weighted by Gasteiger charge is 2.51. The highest BCUT2D eigenvalue weighted by atomic mass is 35.5. The molecular formula is C34H40ClN5O10S. The number of cyclic esters (lactones) is 1. The first-order valence-corrected chi connectivity index (χ1v) is 18.4. The van der Waals surface area contributed by atoms with Gasteiger partial charge in [0, 0.05) is 17.7 Å². The molecule has 51 heavy (non-hydrogen) atoms. The summed E-state index contributed by atoms with van der Waals surface area (Å²) in [7, 11) is -3.82. The summed E-state index contributed by atoms with van der Waals surface area (Å²) in [5.74, 6) is -2.82. The van der Waals surface area contributed by atoms with Gasteiger partial charge in [0.05, 0.1) is 70.0 Å². The van der Waals surface area contributed by atoms with Crippen molar-refractivity contribution in [2.75, 3.05) is 29.6 Å². The number of anilines is 1. The summed E-state index contributed by atoms with van der Waals surface area (Å²) in [6.45, 7) is 5.20. The molecule has 2 N–H and O–H groups in total. The maximum atomic E-state index is 14.1. The van der Waals surface area contributed by atoms with Crippen LogP contribution in [0.1, 0.15) is 69.6 Å². The van der Waals surface area contributed by atoms with Crippen molar-refractivity contribution in [1.29, 1.82) is 0 Å². The van der Waals surface area contributed by atoms with Gasteiger partial charge >= 0.3 is 18.1 Å². The number of nitrogens with two attached hydrogens (primary N) is 1. The third-order valence-corrected chi connectivity index (χ3v) is 10.7. The molecular weight excluding hydrogens is 706 g/mol. The maximum Gasteiger partial charge on any atom is 0.509 e. The van der Waals surface area contributed by atoms with Crippen LogP contribution in [0.15, 0.2) is 34.1 Å². The van der Waals surface area contributed by atoms with Gasteiger partial charge in [-0.25, -0.2) is 28.0 Å². The number of fused-ring (bicyclic) bond motifs is 5. The fourth-order valence-electron chi connectivity index (χ4n) is 6.59. The number of esters is 2. The molecule has 5 heterocycles. The van der Waals surface area contributed by atoms with Crippen molar-refractivity contribution >= 4 is 69.0 Å².